The van der Waals surface area contributed by atoms with Gasteiger partial charge in [0.25, 0.3) is 0 Å². The molecule has 6 heteroatoms. The van der Waals surface area contributed by atoms with Gasteiger partial charge < -0.3 is 19.7 Å². The average molecular weight is 300 g/mol. The number of methoxy groups -OCH3 is 1. The summed E-state index contributed by atoms with van der Waals surface area (Å²) in [6, 6.07) is -0.763. The van der Waals surface area contributed by atoms with E-state index in [9.17, 15) is 9.59 Å². The molecule has 1 heterocycles. The quantitative estimate of drug-likeness (QED) is 0.640. The van der Waals surface area contributed by atoms with Gasteiger partial charge in [0, 0.05) is 20.3 Å². The van der Waals surface area contributed by atoms with Crippen molar-refractivity contribution in [3.05, 3.63) is 0 Å². The van der Waals surface area contributed by atoms with Gasteiger partial charge in [-0.15, -0.1) is 0 Å². The molecule has 6 nitrogen and oxygen atoms in total. The highest BCUT2D eigenvalue weighted by Crippen LogP contribution is 2.19. The molecule has 0 aromatic heterocycles. The maximum atomic E-state index is 12.4. The SMILES string of the molecule is CCC1NC(=O)C(C(C)C)N(CCCOCCOC)C1=O. The third kappa shape index (κ3) is 4.97. The number of ether oxygens (including phenoxy) is 2. The van der Waals surface area contributed by atoms with Gasteiger partial charge in [0.2, 0.25) is 11.8 Å². The molecule has 0 aromatic carbocycles. The van der Waals surface area contributed by atoms with Gasteiger partial charge in [-0.3, -0.25) is 9.59 Å². The minimum atomic E-state index is -0.387. The van der Waals surface area contributed by atoms with E-state index in [1.165, 1.54) is 0 Å². The first kappa shape index (κ1) is 17.9. The molecular weight excluding hydrogens is 272 g/mol. The van der Waals surface area contributed by atoms with Gasteiger partial charge in [-0.25, -0.2) is 0 Å². The van der Waals surface area contributed by atoms with Crippen LogP contribution in [0.4, 0.5) is 0 Å². The summed E-state index contributed by atoms with van der Waals surface area (Å²) in [5.74, 6) is 0.0746. The number of hydrogen-bond acceptors (Lipinski definition) is 4. The average Bonchev–Trinajstić information content (AvgIpc) is 2.45. The van der Waals surface area contributed by atoms with E-state index in [2.05, 4.69) is 5.32 Å². The first-order chi connectivity index (χ1) is 10.0. The van der Waals surface area contributed by atoms with Crippen molar-refractivity contribution in [2.75, 3.05) is 33.5 Å². The second kappa shape index (κ2) is 9.00. The molecule has 0 aliphatic carbocycles. The highest BCUT2D eigenvalue weighted by atomic mass is 16.5. The Kier molecular flexibility index (Phi) is 7.67. The lowest BCUT2D eigenvalue weighted by molar-refractivity contribution is -0.151. The summed E-state index contributed by atoms with van der Waals surface area (Å²) in [4.78, 5) is 26.3. The molecule has 21 heavy (non-hydrogen) atoms. The van der Waals surface area contributed by atoms with Crippen molar-refractivity contribution in [1.29, 1.82) is 0 Å². The van der Waals surface area contributed by atoms with E-state index < -0.39 is 0 Å². The fourth-order valence-corrected chi connectivity index (χ4v) is 2.57. The molecule has 0 spiro atoms. The maximum absolute atomic E-state index is 12.4. The van der Waals surface area contributed by atoms with Crippen LogP contribution in [0, 0.1) is 5.92 Å². The molecule has 1 saturated heterocycles. The number of nitrogens with one attached hydrogen (secondary N) is 1. The Hall–Kier alpha value is -1.14. The molecule has 1 rings (SSSR count). The second-order valence-corrected chi connectivity index (χ2v) is 5.65. The van der Waals surface area contributed by atoms with Crippen molar-refractivity contribution in [1.82, 2.24) is 10.2 Å². The minimum absolute atomic E-state index is 0.0210. The molecule has 0 aromatic rings. The number of rotatable bonds is 9. The Morgan fingerprint density at radius 2 is 1.95 bits per heavy atom. The van der Waals surface area contributed by atoms with Crippen molar-refractivity contribution >= 4 is 11.8 Å². The van der Waals surface area contributed by atoms with Crippen molar-refractivity contribution < 1.29 is 19.1 Å². The number of hydrogen-bond donors (Lipinski definition) is 1. The Balaban J connectivity index is 2.55. The van der Waals surface area contributed by atoms with E-state index >= 15 is 0 Å². The van der Waals surface area contributed by atoms with E-state index in [0.29, 0.717) is 32.8 Å². The highest BCUT2D eigenvalue weighted by Gasteiger charge is 2.40. The fraction of sp³-hybridized carbons (Fsp3) is 0.867. The zero-order valence-corrected chi connectivity index (χ0v) is 13.6. The molecule has 1 aliphatic rings. The molecule has 2 amide bonds. The normalized spacial score (nSPS) is 22.8. The zero-order valence-electron chi connectivity index (χ0n) is 13.6. The van der Waals surface area contributed by atoms with Crippen LogP contribution in [0.5, 0.6) is 0 Å². The lowest BCUT2D eigenvalue weighted by Gasteiger charge is -2.40. The molecular formula is C15H28N2O4. The maximum Gasteiger partial charge on any atom is 0.245 e. The summed E-state index contributed by atoms with van der Waals surface area (Å²) in [5, 5.41) is 2.82. The smallest absolute Gasteiger partial charge is 0.245 e. The van der Waals surface area contributed by atoms with Crippen LogP contribution in [-0.2, 0) is 19.1 Å². The van der Waals surface area contributed by atoms with E-state index in [4.69, 9.17) is 9.47 Å². The van der Waals surface area contributed by atoms with Crippen LogP contribution < -0.4 is 5.32 Å². The van der Waals surface area contributed by atoms with Crippen LogP contribution in [0.15, 0.2) is 0 Å². The molecule has 1 N–H and O–H groups in total. The Bertz CT molecular complexity index is 347. The van der Waals surface area contributed by atoms with E-state index in [-0.39, 0.29) is 29.8 Å². The predicted molar refractivity (Wildman–Crippen MR) is 79.9 cm³/mol. The summed E-state index contributed by atoms with van der Waals surface area (Å²) >= 11 is 0. The Labute approximate surface area is 127 Å². The van der Waals surface area contributed by atoms with Gasteiger partial charge in [-0.05, 0) is 18.8 Å². The van der Waals surface area contributed by atoms with Gasteiger partial charge in [0.1, 0.15) is 12.1 Å². The van der Waals surface area contributed by atoms with E-state index in [1.54, 1.807) is 12.0 Å². The number of nitrogens with zero attached hydrogens (tertiary/aromatic N) is 1. The van der Waals surface area contributed by atoms with Crippen LogP contribution in [0.3, 0.4) is 0 Å². The molecule has 2 unspecified atom stereocenters. The number of carbonyl (C=O) groups is 2. The second-order valence-electron chi connectivity index (χ2n) is 5.65. The lowest BCUT2D eigenvalue weighted by Crippen LogP contribution is -2.64. The summed E-state index contributed by atoms with van der Waals surface area (Å²) in [7, 11) is 1.63. The first-order valence-corrected chi connectivity index (χ1v) is 7.70. The Morgan fingerprint density at radius 1 is 1.24 bits per heavy atom. The van der Waals surface area contributed by atoms with Crippen LogP contribution >= 0.6 is 0 Å². The summed E-state index contributed by atoms with van der Waals surface area (Å²) in [5.41, 5.74) is 0. The summed E-state index contributed by atoms with van der Waals surface area (Å²) < 4.78 is 10.3. The molecule has 122 valence electrons. The highest BCUT2D eigenvalue weighted by molar-refractivity contribution is 5.97. The fourth-order valence-electron chi connectivity index (χ4n) is 2.57. The van der Waals surface area contributed by atoms with Gasteiger partial charge in [-0.1, -0.05) is 20.8 Å². The Morgan fingerprint density at radius 3 is 2.52 bits per heavy atom. The van der Waals surface area contributed by atoms with Gasteiger partial charge in [-0.2, -0.15) is 0 Å². The lowest BCUT2D eigenvalue weighted by atomic mass is 9.96. The molecule has 0 saturated carbocycles. The molecule has 2 atom stereocenters. The molecule has 1 fully saturated rings. The monoisotopic (exact) mass is 300 g/mol. The van der Waals surface area contributed by atoms with E-state index in [0.717, 1.165) is 6.42 Å². The van der Waals surface area contributed by atoms with Crippen molar-refractivity contribution in [3.8, 4) is 0 Å². The van der Waals surface area contributed by atoms with Crippen LogP contribution in [-0.4, -0.2) is 62.3 Å². The molecule has 0 radical (unpaired) electrons. The van der Waals surface area contributed by atoms with Crippen molar-refractivity contribution in [2.24, 2.45) is 5.92 Å². The largest absolute Gasteiger partial charge is 0.382 e. The third-order valence-electron chi connectivity index (χ3n) is 3.66. The number of carbonyl (C=O) groups excluding carboxylic acids is 2. The predicted octanol–water partition coefficient (Wildman–Crippen LogP) is 0.801. The molecule has 0 bridgehead atoms. The third-order valence-corrected chi connectivity index (χ3v) is 3.66. The minimum Gasteiger partial charge on any atom is -0.382 e. The number of amides is 2. The van der Waals surface area contributed by atoms with Crippen molar-refractivity contribution in [3.63, 3.8) is 0 Å². The first-order valence-electron chi connectivity index (χ1n) is 7.70. The zero-order chi connectivity index (χ0) is 15.8. The standard InChI is InChI=1S/C15H28N2O4/c1-5-12-15(19)17(7-6-8-21-10-9-20-4)13(11(2)3)14(18)16-12/h11-13H,5-10H2,1-4H3,(H,16,18). The van der Waals surface area contributed by atoms with Gasteiger partial charge in [0.15, 0.2) is 0 Å². The summed E-state index contributed by atoms with van der Waals surface area (Å²) in [6.07, 6.45) is 1.35. The van der Waals surface area contributed by atoms with Gasteiger partial charge >= 0.3 is 0 Å². The van der Waals surface area contributed by atoms with Crippen LogP contribution in [0.25, 0.3) is 0 Å². The summed E-state index contributed by atoms with van der Waals surface area (Å²) in [6.45, 7) is 8.07. The van der Waals surface area contributed by atoms with E-state index in [1.807, 2.05) is 20.8 Å². The van der Waals surface area contributed by atoms with Crippen LogP contribution in [0.2, 0.25) is 0 Å². The van der Waals surface area contributed by atoms with Crippen LogP contribution in [0.1, 0.15) is 33.6 Å². The molecule has 1 aliphatic heterocycles. The van der Waals surface area contributed by atoms with Crippen molar-refractivity contribution in [2.45, 2.75) is 45.7 Å². The topological polar surface area (TPSA) is 67.9 Å². The number of piperazine rings is 1. The van der Waals surface area contributed by atoms with Gasteiger partial charge in [0.05, 0.1) is 13.2 Å².